The Morgan fingerprint density at radius 3 is 3.21 bits per heavy atom. The summed E-state index contributed by atoms with van der Waals surface area (Å²) in [5, 5.41) is 12.3. The van der Waals surface area contributed by atoms with Crippen molar-refractivity contribution in [3.8, 4) is 0 Å². The summed E-state index contributed by atoms with van der Waals surface area (Å²) in [6.45, 7) is 2.71. The van der Waals surface area contributed by atoms with Crippen LogP contribution < -0.4 is 5.32 Å². The lowest BCUT2D eigenvalue weighted by Crippen LogP contribution is -2.33. The van der Waals surface area contributed by atoms with Crippen LogP contribution in [-0.2, 0) is 17.6 Å². The molecule has 1 aliphatic rings. The standard InChI is InChI=1S/C14H21NO3S/c1-9-3-4-12-10(5-9)6-13(19-12)14(17)15-7-11(16)8-18-2/h6,9,11,16H,3-5,7-8H2,1-2H3,(H,15,17). The molecule has 1 aromatic heterocycles. The van der Waals surface area contributed by atoms with Gasteiger partial charge in [-0.3, -0.25) is 4.79 Å². The summed E-state index contributed by atoms with van der Waals surface area (Å²) in [6.07, 6.45) is 2.72. The number of hydrogen-bond donors (Lipinski definition) is 2. The van der Waals surface area contributed by atoms with Gasteiger partial charge in [-0.15, -0.1) is 11.3 Å². The van der Waals surface area contributed by atoms with Crippen molar-refractivity contribution >= 4 is 17.2 Å². The van der Waals surface area contributed by atoms with Crippen molar-refractivity contribution in [3.63, 3.8) is 0 Å². The summed E-state index contributed by atoms with van der Waals surface area (Å²) in [4.78, 5) is 14.1. The molecule has 0 saturated carbocycles. The highest BCUT2D eigenvalue weighted by molar-refractivity contribution is 7.14. The van der Waals surface area contributed by atoms with E-state index in [1.165, 1.54) is 24.0 Å². The summed E-state index contributed by atoms with van der Waals surface area (Å²) in [5.41, 5.74) is 1.33. The van der Waals surface area contributed by atoms with E-state index in [9.17, 15) is 9.90 Å². The Kier molecular flexibility index (Phi) is 4.96. The van der Waals surface area contributed by atoms with Gasteiger partial charge in [-0.25, -0.2) is 0 Å². The van der Waals surface area contributed by atoms with Gasteiger partial charge in [-0.2, -0.15) is 0 Å². The number of carbonyl (C=O) groups excluding carboxylic acids is 1. The smallest absolute Gasteiger partial charge is 0.261 e. The Labute approximate surface area is 117 Å². The average molecular weight is 283 g/mol. The Morgan fingerprint density at radius 2 is 2.47 bits per heavy atom. The predicted octanol–water partition coefficient (Wildman–Crippen LogP) is 1.61. The van der Waals surface area contributed by atoms with Crippen LogP contribution in [0.25, 0.3) is 0 Å². The lowest BCUT2D eigenvalue weighted by Gasteiger charge is -2.16. The van der Waals surface area contributed by atoms with Crippen LogP contribution in [0, 0.1) is 5.92 Å². The minimum atomic E-state index is -0.649. The van der Waals surface area contributed by atoms with E-state index in [2.05, 4.69) is 12.2 Å². The SMILES string of the molecule is COCC(O)CNC(=O)c1cc2c(s1)CCC(C)C2. The van der Waals surface area contributed by atoms with Crippen LogP contribution in [-0.4, -0.2) is 37.4 Å². The van der Waals surface area contributed by atoms with E-state index in [4.69, 9.17) is 4.74 Å². The second-order valence-corrected chi connectivity index (χ2v) is 6.36. The molecule has 0 bridgehead atoms. The summed E-state index contributed by atoms with van der Waals surface area (Å²) in [6, 6.07) is 2.01. The van der Waals surface area contributed by atoms with E-state index in [0.717, 1.165) is 17.7 Å². The largest absolute Gasteiger partial charge is 0.389 e. The predicted molar refractivity (Wildman–Crippen MR) is 75.7 cm³/mol. The Morgan fingerprint density at radius 1 is 1.68 bits per heavy atom. The van der Waals surface area contributed by atoms with Crippen LogP contribution in [0.5, 0.6) is 0 Å². The number of rotatable bonds is 5. The van der Waals surface area contributed by atoms with Crippen LogP contribution in [0.2, 0.25) is 0 Å². The van der Waals surface area contributed by atoms with Gasteiger partial charge in [0, 0.05) is 18.5 Å². The number of carbonyl (C=O) groups is 1. The van der Waals surface area contributed by atoms with Crippen molar-refractivity contribution in [2.75, 3.05) is 20.3 Å². The molecule has 0 saturated heterocycles. The normalized spacial score (nSPS) is 19.8. The number of nitrogens with one attached hydrogen (secondary N) is 1. The maximum atomic E-state index is 12.0. The highest BCUT2D eigenvalue weighted by atomic mass is 32.1. The fraction of sp³-hybridized carbons (Fsp3) is 0.643. The molecule has 0 radical (unpaired) electrons. The first-order valence-electron chi connectivity index (χ1n) is 6.67. The Hall–Kier alpha value is -0.910. The number of aliphatic hydroxyl groups excluding tert-OH is 1. The molecular weight excluding hydrogens is 262 g/mol. The number of hydrogen-bond acceptors (Lipinski definition) is 4. The van der Waals surface area contributed by atoms with Crippen molar-refractivity contribution < 1.29 is 14.6 Å². The molecule has 0 aromatic carbocycles. The molecule has 1 aliphatic carbocycles. The third-order valence-corrected chi connectivity index (χ3v) is 4.65. The second-order valence-electron chi connectivity index (χ2n) is 5.23. The molecule has 0 spiro atoms. The quantitative estimate of drug-likeness (QED) is 0.863. The van der Waals surface area contributed by atoms with Crippen LogP contribution in [0.4, 0.5) is 0 Å². The lowest BCUT2D eigenvalue weighted by atomic mass is 9.90. The minimum absolute atomic E-state index is 0.0952. The summed E-state index contributed by atoms with van der Waals surface area (Å²) >= 11 is 1.59. The van der Waals surface area contributed by atoms with E-state index >= 15 is 0 Å². The number of aliphatic hydroxyl groups is 1. The Bertz CT molecular complexity index is 444. The van der Waals surface area contributed by atoms with Crippen molar-refractivity contribution in [1.82, 2.24) is 5.32 Å². The van der Waals surface area contributed by atoms with Crippen molar-refractivity contribution in [2.45, 2.75) is 32.3 Å². The zero-order valence-electron chi connectivity index (χ0n) is 11.4. The van der Waals surface area contributed by atoms with Crippen molar-refractivity contribution in [3.05, 3.63) is 21.4 Å². The van der Waals surface area contributed by atoms with Gasteiger partial charge in [0.2, 0.25) is 0 Å². The van der Waals surface area contributed by atoms with Crippen LogP contribution in [0.3, 0.4) is 0 Å². The third kappa shape index (κ3) is 3.78. The molecule has 4 nitrogen and oxygen atoms in total. The van der Waals surface area contributed by atoms with E-state index in [0.29, 0.717) is 5.92 Å². The van der Waals surface area contributed by atoms with E-state index < -0.39 is 6.10 Å². The third-order valence-electron chi connectivity index (χ3n) is 3.41. The first-order valence-corrected chi connectivity index (χ1v) is 7.48. The maximum Gasteiger partial charge on any atom is 0.261 e. The molecule has 1 heterocycles. The molecule has 5 heteroatoms. The number of fused-ring (bicyclic) bond motifs is 1. The monoisotopic (exact) mass is 283 g/mol. The van der Waals surface area contributed by atoms with E-state index in [-0.39, 0.29) is 19.1 Å². The molecule has 2 N–H and O–H groups in total. The summed E-state index contributed by atoms with van der Waals surface area (Å²) in [7, 11) is 1.53. The highest BCUT2D eigenvalue weighted by Gasteiger charge is 2.20. The molecule has 0 fully saturated rings. The number of methoxy groups -OCH3 is 1. The summed E-state index contributed by atoms with van der Waals surface area (Å²) < 4.78 is 4.82. The fourth-order valence-electron chi connectivity index (χ4n) is 2.37. The van der Waals surface area contributed by atoms with Gasteiger partial charge in [0.15, 0.2) is 0 Å². The van der Waals surface area contributed by atoms with E-state index in [1.54, 1.807) is 11.3 Å². The molecule has 2 atom stereocenters. The molecular formula is C14H21NO3S. The van der Waals surface area contributed by atoms with Crippen LogP contribution in [0.15, 0.2) is 6.07 Å². The molecule has 2 unspecified atom stereocenters. The van der Waals surface area contributed by atoms with Gasteiger partial charge >= 0.3 is 0 Å². The summed E-state index contributed by atoms with van der Waals surface area (Å²) in [5.74, 6) is 0.615. The van der Waals surface area contributed by atoms with E-state index in [1.807, 2.05) is 6.07 Å². The molecule has 1 amide bonds. The number of aryl methyl sites for hydroxylation is 1. The topological polar surface area (TPSA) is 58.6 Å². The van der Waals surface area contributed by atoms with Gasteiger partial charge in [-0.1, -0.05) is 6.92 Å². The van der Waals surface area contributed by atoms with Gasteiger partial charge < -0.3 is 15.2 Å². The molecule has 2 rings (SSSR count). The minimum Gasteiger partial charge on any atom is -0.389 e. The maximum absolute atomic E-state index is 12.0. The van der Waals surface area contributed by atoms with Crippen LogP contribution >= 0.6 is 11.3 Å². The van der Waals surface area contributed by atoms with Gasteiger partial charge in [0.05, 0.1) is 17.6 Å². The zero-order valence-corrected chi connectivity index (χ0v) is 12.3. The second kappa shape index (κ2) is 6.50. The van der Waals surface area contributed by atoms with Gasteiger partial charge in [0.25, 0.3) is 5.91 Å². The van der Waals surface area contributed by atoms with Crippen molar-refractivity contribution in [2.24, 2.45) is 5.92 Å². The van der Waals surface area contributed by atoms with Crippen LogP contribution in [0.1, 0.15) is 33.5 Å². The van der Waals surface area contributed by atoms with Gasteiger partial charge in [0.1, 0.15) is 0 Å². The molecule has 19 heavy (non-hydrogen) atoms. The lowest BCUT2D eigenvalue weighted by molar-refractivity contribution is 0.0611. The zero-order chi connectivity index (χ0) is 13.8. The first kappa shape index (κ1) is 14.5. The molecule has 0 aliphatic heterocycles. The number of amides is 1. The van der Waals surface area contributed by atoms with Crippen molar-refractivity contribution in [1.29, 1.82) is 0 Å². The fourth-order valence-corrected chi connectivity index (χ4v) is 3.49. The number of ether oxygens (including phenoxy) is 1. The average Bonchev–Trinajstić information content (AvgIpc) is 2.79. The highest BCUT2D eigenvalue weighted by Crippen LogP contribution is 2.32. The molecule has 1 aromatic rings. The Balaban J connectivity index is 1.93. The first-order chi connectivity index (χ1) is 9.10. The molecule has 106 valence electrons. The van der Waals surface area contributed by atoms with Gasteiger partial charge in [-0.05, 0) is 36.8 Å². The number of thiophene rings is 1.